The van der Waals surface area contributed by atoms with Gasteiger partial charge < -0.3 is 9.47 Å². The summed E-state index contributed by atoms with van der Waals surface area (Å²) in [5.74, 6) is 1.52. The van der Waals surface area contributed by atoms with Gasteiger partial charge in [0, 0.05) is 25.7 Å². The number of carbonyl (C=O) groups excluding carboxylic acids is 3. The lowest BCUT2D eigenvalue weighted by Gasteiger charge is -2.58. The van der Waals surface area contributed by atoms with Crippen molar-refractivity contribution in [3.05, 3.63) is 11.6 Å². The van der Waals surface area contributed by atoms with Crippen LogP contribution >= 0.6 is 0 Å². The maximum atomic E-state index is 12.0. The minimum Gasteiger partial charge on any atom is -0.466 e. The molecule has 160 valence electrons. The minimum absolute atomic E-state index is 0.0702. The highest BCUT2D eigenvalue weighted by molar-refractivity contribution is 5.91. The van der Waals surface area contributed by atoms with E-state index >= 15 is 0 Å². The van der Waals surface area contributed by atoms with Gasteiger partial charge >= 0.3 is 11.9 Å². The van der Waals surface area contributed by atoms with Crippen molar-refractivity contribution in [3.8, 4) is 0 Å². The number of ketones is 1. The summed E-state index contributed by atoms with van der Waals surface area (Å²) in [5, 5.41) is 0. The molecule has 0 aromatic rings. The zero-order chi connectivity index (χ0) is 20.8. The quantitative estimate of drug-likeness (QED) is 0.653. The summed E-state index contributed by atoms with van der Waals surface area (Å²) in [4.78, 5) is 35.2. The molecule has 0 radical (unpaired) electrons. The number of ether oxygens (including phenoxy) is 2. The molecule has 0 aromatic carbocycles. The first-order valence-corrected chi connectivity index (χ1v) is 11.3. The SMILES string of the molecule is CC(=O)OCCC12CCC3C(CCC4=CC(=O)CC[C@@]43C)C1CC[C@@H]2OC(C)=O. The van der Waals surface area contributed by atoms with Crippen LogP contribution in [0.2, 0.25) is 0 Å². The summed E-state index contributed by atoms with van der Waals surface area (Å²) in [6.45, 7) is 5.73. The van der Waals surface area contributed by atoms with Crippen LogP contribution in [0.4, 0.5) is 0 Å². The lowest BCUT2D eigenvalue weighted by Crippen LogP contribution is -2.53. The topological polar surface area (TPSA) is 69.7 Å². The standard InChI is InChI=1S/C24H34O5/c1-15(25)28-13-12-24-11-9-20-19(21(24)6-7-22(24)29-16(2)26)5-4-17-14-18(27)8-10-23(17,20)3/h14,19-22H,4-13H2,1-3H3/t19?,20?,21?,22-,23-,24?/m0/s1. The molecule has 0 heterocycles. The van der Waals surface area contributed by atoms with E-state index in [0.29, 0.717) is 36.6 Å². The Morgan fingerprint density at radius 1 is 1.03 bits per heavy atom. The van der Waals surface area contributed by atoms with Crippen LogP contribution in [0.1, 0.15) is 78.6 Å². The Labute approximate surface area is 173 Å². The lowest BCUT2D eigenvalue weighted by atomic mass is 9.46. The van der Waals surface area contributed by atoms with Crippen LogP contribution < -0.4 is 0 Å². The van der Waals surface area contributed by atoms with Gasteiger partial charge in [0.25, 0.3) is 0 Å². The summed E-state index contributed by atoms with van der Waals surface area (Å²) >= 11 is 0. The average molecular weight is 403 g/mol. The number of allylic oxidation sites excluding steroid dienone is 1. The molecule has 6 atom stereocenters. The number of fused-ring (bicyclic) bond motifs is 5. The summed E-state index contributed by atoms with van der Waals surface area (Å²) in [6, 6.07) is 0. The largest absolute Gasteiger partial charge is 0.466 e. The molecule has 0 bridgehead atoms. The molecule has 5 nitrogen and oxygen atoms in total. The van der Waals surface area contributed by atoms with Crippen molar-refractivity contribution < 1.29 is 23.9 Å². The van der Waals surface area contributed by atoms with Gasteiger partial charge in [-0.25, -0.2) is 0 Å². The summed E-state index contributed by atoms with van der Waals surface area (Å²) in [5.41, 5.74) is 1.43. The van der Waals surface area contributed by atoms with Crippen molar-refractivity contribution in [2.45, 2.75) is 84.7 Å². The van der Waals surface area contributed by atoms with Gasteiger partial charge in [0.15, 0.2) is 5.78 Å². The fraction of sp³-hybridized carbons (Fsp3) is 0.792. The van der Waals surface area contributed by atoms with E-state index in [0.717, 1.165) is 51.4 Å². The molecule has 4 aliphatic rings. The van der Waals surface area contributed by atoms with E-state index < -0.39 is 0 Å². The molecule has 0 spiro atoms. The van der Waals surface area contributed by atoms with Crippen LogP contribution in [-0.4, -0.2) is 30.4 Å². The molecule has 3 fully saturated rings. The van der Waals surface area contributed by atoms with Crippen LogP contribution in [0, 0.1) is 28.6 Å². The van der Waals surface area contributed by atoms with Gasteiger partial charge in [0.05, 0.1) is 6.61 Å². The molecule has 29 heavy (non-hydrogen) atoms. The third-order valence-corrected chi connectivity index (χ3v) is 8.78. The second kappa shape index (κ2) is 7.55. The predicted octanol–water partition coefficient (Wildman–Crippen LogP) is 4.38. The van der Waals surface area contributed by atoms with E-state index in [1.165, 1.54) is 19.4 Å². The summed E-state index contributed by atoms with van der Waals surface area (Å²) in [7, 11) is 0. The Morgan fingerprint density at radius 2 is 1.83 bits per heavy atom. The number of carbonyl (C=O) groups is 3. The first kappa shape index (κ1) is 20.6. The van der Waals surface area contributed by atoms with Gasteiger partial charge in [-0.1, -0.05) is 12.5 Å². The molecule has 5 heteroatoms. The number of hydrogen-bond donors (Lipinski definition) is 0. The summed E-state index contributed by atoms with van der Waals surface area (Å²) < 4.78 is 11.2. The third kappa shape index (κ3) is 3.44. The third-order valence-electron chi connectivity index (χ3n) is 8.78. The van der Waals surface area contributed by atoms with E-state index in [1.807, 2.05) is 6.08 Å². The Kier molecular flexibility index (Phi) is 5.37. The Balaban J connectivity index is 1.62. The number of esters is 2. The maximum Gasteiger partial charge on any atom is 0.302 e. The minimum atomic E-state index is -0.250. The molecule has 0 aliphatic heterocycles. The fourth-order valence-electron chi connectivity index (χ4n) is 7.55. The fourth-order valence-corrected chi connectivity index (χ4v) is 7.55. The monoisotopic (exact) mass is 402 g/mol. The smallest absolute Gasteiger partial charge is 0.302 e. The van der Waals surface area contributed by atoms with Crippen LogP contribution in [0.25, 0.3) is 0 Å². The van der Waals surface area contributed by atoms with Crippen molar-refractivity contribution in [1.82, 2.24) is 0 Å². The second-order valence-electron chi connectivity index (χ2n) is 10.0. The molecule has 0 N–H and O–H groups in total. The van der Waals surface area contributed by atoms with Crippen molar-refractivity contribution >= 4 is 17.7 Å². The zero-order valence-electron chi connectivity index (χ0n) is 18.0. The first-order valence-electron chi connectivity index (χ1n) is 11.3. The molecule has 0 saturated heterocycles. The first-order chi connectivity index (χ1) is 13.8. The van der Waals surface area contributed by atoms with Gasteiger partial charge in [0.1, 0.15) is 6.10 Å². The van der Waals surface area contributed by atoms with E-state index in [9.17, 15) is 14.4 Å². The van der Waals surface area contributed by atoms with Gasteiger partial charge in [-0.15, -0.1) is 0 Å². The molecular formula is C24H34O5. The predicted molar refractivity (Wildman–Crippen MR) is 108 cm³/mol. The van der Waals surface area contributed by atoms with Crippen molar-refractivity contribution in [2.75, 3.05) is 6.61 Å². The van der Waals surface area contributed by atoms with Crippen molar-refractivity contribution in [3.63, 3.8) is 0 Å². The van der Waals surface area contributed by atoms with Gasteiger partial charge in [-0.2, -0.15) is 0 Å². The van der Waals surface area contributed by atoms with Crippen LogP contribution in [0.5, 0.6) is 0 Å². The van der Waals surface area contributed by atoms with E-state index in [-0.39, 0.29) is 28.9 Å². The molecule has 0 amide bonds. The lowest BCUT2D eigenvalue weighted by molar-refractivity contribution is -0.163. The zero-order valence-corrected chi connectivity index (χ0v) is 18.0. The molecule has 3 saturated carbocycles. The summed E-state index contributed by atoms with van der Waals surface area (Å²) in [6.07, 6.45) is 10.5. The molecule has 4 aliphatic carbocycles. The van der Waals surface area contributed by atoms with Crippen molar-refractivity contribution in [2.24, 2.45) is 28.6 Å². The van der Waals surface area contributed by atoms with Crippen LogP contribution in [0.15, 0.2) is 11.6 Å². The van der Waals surface area contributed by atoms with Crippen LogP contribution in [0.3, 0.4) is 0 Å². The Bertz CT molecular complexity index is 740. The highest BCUT2D eigenvalue weighted by Crippen LogP contribution is 2.66. The van der Waals surface area contributed by atoms with Crippen molar-refractivity contribution in [1.29, 1.82) is 0 Å². The average Bonchev–Trinajstić information content (AvgIpc) is 3.00. The normalized spacial score (nSPS) is 40.9. The van der Waals surface area contributed by atoms with Gasteiger partial charge in [-0.3, -0.25) is 14.4 Å². The molecule has 4 rings (SSSR count). The van der Waals surface area contributed by atoms with E-state index in [4.69, 9.17) is 9.47 Å². The number of rotatable bonds is 4. The number of hydrogen-bond acceptors (Lipinski definition) is 5. The molecular weight excluding hydrogens is 368 g/mol. The highest BCUT2D eigenvalue weighted by atomic mass is 16.5. The van der Waals surface area contributed by atoms with Crippen LogP contribution in [-0.2, 0) is 23.9 Å². The van der Waals surface area contributed by atoms with Gasteiger partial charge in [0.2, 0.25) is 0 Å². The second-order valence-corrected chi connectivity index (χ2v) is 10.0. The Hall–Kier alpha value is -1.65. The molecule has 4 unspecified atom stereocenters. The van der Waals surface area contributed by atoms with E-state index in [2.05, 4.69) is 6.92 Å². The van der Waals surface area contributed by atoms with Gasteiger partial charge in [-0.05, 0) is 80.6 Å². The van der Waals surface area contributed by atoms with E-state index in [1.54, 1.807) is 0 Å². The molecule has 0 aromatic heterocycles. The highest BCUT2D eigenvalue weighted by Gasteiger charge is 2.61. The Morgan fingerprint density at radius 3 is 2.55 bits per heavy atom. The maximum absolute atomic E-state index is 12.0.